The van der Waals surface area contributed by atoms with Crippen molar-refractivity contribution in [3.8, 4) is 0 Å². The van der Waals surface area contributed by atoms with E-state index in [-0.39, 0.29) is 24.7 Å². The van der Waals surface area contributed by atoms with Crippen LogP contribution in [0.5, 0.6) is 0 Å². The number of aliphatic hydroxyl groups is 1. The lowest BCUT2D eigenvalue weighted by Gasteiger charge is -2.16. The number of nitrogens with one attached hydrogen (secondary N) is 2. The Balaban J connectivity index is 2.20. The number of hydrogen-bond donors (Lipinski definition) is 3. The van der Waals surface area contributed by atoms with Crippen LogP contribution in [0.3, 0.4) is 0 Å². The molecule has 1 rings (SSSR count). The molecule has 1 saturated heterocycles. The Morgan fingerprint density at radius 1 is 1.71 bits per heavy atom. The van der Waals surface area contributed by atoms with Gasteiger partial charge >= 0.3 is 6.03 Å². The lowest BCUT2D eigenvalue weighted by molar-refractivity contribution is 0.186. The number of hydrogen-bond acceptors (Lipinski definition) is 3. The second-order valence-electron chi connectivity index (χ2n) is 3.47. The summed E-state index contributed by atoms with van der Waals surface area (Å²) in [6.45, 7) is 3.19. The molecule has 5 heteroatoms. The Hall–Kier alpha value is -0.810. The fourth-order valence-electron chi connectivity index (χ4n) is 1.34. The van der Waals surface area contributed by atoms with E-state index in [0.717, 1.165) is 12.8 Å². The van der Waals surface area contributed by atoms with Crippen LogP contribution in [-0.2, 0) is 4.74 Å². The summed E-state index contributed by atoms with van der Waals surface area (Å²) < 4.78 is 5.12. The minimum atomic E-state index is -0.221. The second-order valence-corrected chi connectivity index (χ2v) is 3.47. The van der Waals surface area contributed by atoms with E-state index in [1.807, 2.05) is 6.92 Å². The first-order valence-electron chi connectivity index (χ1n) is 5.02. The average molecular weight is 202 g/mol. The van der Waals surface area contributed by atoms with Crippen molar-refractivity contribution in [1.82, 2.24) is 10.6 Å². The van der Waals surface area contributed by atoms with Crippen molar-refractivity contribution >= 4 is 6.03 Å². The zero-order valence-corrected chi connectivity index (χ0v) is 8.45. The van der Waals surface area contributed by atoms with Crippen LogP contribution in [0.2, 0.25) is 0 Å². The molecule has 5 nitrogen and oxygen atoms in total. The summed E-state index contributed by atoms with van der Waals surface area (Å²) in [7, 11) is 0. The van der Waals surface area contributed by atoms with Crippen LogP contribution in [-0.4, -0.2) is 43.0 Å². The molecule has 2 atom stereocenters. The van der Waals surface area contributed by atoms with E-state index in [0.29, 0.717) is 13.2 Å². The molecule has 1 aliphatic rings. The summed E-state index contributed by atoms with van der Waals surface area (Å²) in [6.07, 6.45) is 1.59. The summed E-state index contributed by atoms with van der Waals surface area (Å²) in [6, 6.07) is -0.259. The number of aliphatic hydroxyl groups excluding tert-OH is 1. The molecule has 2 amide bonds. The quantitative estimate of drug-likeness (QED) is 0.593. The van der Waals surface area contributed by atoms with Crippen molar-refractivity contribution in [3.63, 3.8) is 0 Å². The van der Waals surface area contributed by atoms with Gasteiger partial charge in [0.1, 0.15) is 0 Å². The van der Waals surface area contributed by atoms with Crippen LogP contribution in [0.15, 0.2) is 0 Å². The maximum Gasteiger partial charge on any atom is 0.315 e. The fourth-order valence-corrected chi connectivity index (χ4v) is 1.34. The molecule has 3 N–H and O–H groups in total. The third-order valence-electron chi connectivity index (χ3n) is 2.31. The molecule has 0 aromatic rings. The first-order valence-corrected chi connectivity index (χ1v) is 5.02. The molecule has 1 aliphatic heterocycles. The predicted octanol–water partition coefficient (Wildman–Crippen LogP) is -0.155. The SMILES string of the molecule is CCC(CO)NC(=O)NC1CCOC1. The van der Waals surface area contributed by atoms with E-state index >= 15 is 0 Å². The molecule has 1 heterocycles. The van der Waals surface area contributed by atoms with E-state index in [1.54, 1.807) is 0 Å². The normalized spacial score (nSPS) is 23.1. The van der Waals surface area contributed by atoms with Crippen molar-refractivity contribution in [2.24, 2.45) is 0 Å². The summed E-state index contributed by atoms with van der Waals surface area (Å²) in [5, 5.41) is 14.3. The lowest BCUT2D eigenvalue weighted by atomic mass is 10.2. The molecule has 2 unspecified atom stereocenters. The highest BCUT2D eigenvalue weighted by Crippen LogP contribution is 2.02. The molecule has 0 saturated carbocycles. The third-order valence-corrected chi connectivity index (χ3v) is 2.31. The van der Waals surface area contributed by atoms with E-state index in [1.165, 1.54) is 0 Å². The smallest absolute Gasteiger partial charge is 0.315 e. The van der Waals surface area contributed by atoms with Gasteiger partial charge in [-0.3, -0.25) is 0 Å². The van der Waals surface area contributed by atoms with Crippen molar-refractivity contribution < 1.29 is 14.6 Å². The number of carbonyl (C=O) groups is 1. The minimum absolute atomic E-state index is 0.0227. The van der Waals surface area contributed by atoms with E-state index in [4.69, 9.17) is 9.84 Å². The van der Waals surface area contributed by atoms with E-state index in [9.17, 15) is 4.79 Å². The van der Waals surface area contributed by atoms with Gasteiger partial charge in [0.25, 0.3) is 0 Å². The molecule has 14 heavy (non-hydrogen) atoms. The number of amides is 2. The third kappa shape index (κ3) is 3.51. The highest BCUT2D eigenvalue weighted by atomic mass is 16.5. The van der Waals surface area contributed by atoms with Gasteiger partial charge in [0.15, 0.2) is 0 Å². The van der Waals surface area contributed by atoms with Gasteiger partial charge in [-0.25, -0.2) is 4.79 Å². The second kappa shape index (κ2) is 5.82. The van der Waals surface area contributed by atoms with Gasteiger partial charge in [0.2, 0.25) is 0 Å². The number of carbonyl (C=O) groups excluding carboxylic acids is 1. The fraction of sp³-hybridized carbons (Fsp3) is 0.889. The highest BCUT2D eigenvalue weighted by Gasteiger charge is 2.18. The number of rotatable bonds is 4. The Morgan fingerprint density at radius 2 is 2.50 bits per heavy atom. The summed E-state index contributed by atoms with van der Waals surface area (Å²) in [4.78, 5) is 11.3. The molecule has 0 aliphatic carbocycles. The zero-order chi connectivity index (χ0) is 10.4. The molecule has 0 bridgehead atoms. The maximum atomic E-state index is 11.3. The predicted molar refractivity (Wildman–Crippen MR) is 52.1 cm³/mol. The van der Waals surface area contributed by atoms with E-state index in [2.05, 4.69) is 10.6 Å². The number of ether oxygens (including phenoxy) is 1. The van der Waals surface area contributed by atoms with Crippen LogP contribution in [0, 0.1) is 0 Å². The molecule has 82 valence electrons. The highest BCUT2D eigenvalue weighted by molar-refractivity contribution is 5.74. The molecule has 0 aromatic carbocycles. The average Bonchev–Trinajstić information content (AvgIpc) is 2.66. The first-order chi connectivity index (χ1) is 6.76. The Kier molecular flexibility index (Phi) is 4.69. The Morgan fingerprint density at radius 3 is 3.00 bits per heavy atom. The largest absolute Gasteiger partial charge is 0.394 e. The van der Waals surface area contributed by atoms with Gasteiger partial charge in [0, 0.05) is 6.61 Å². The van der Waals surface area contributed by atoms with Gasteiger partial charge in [0.05, 0.1) is 25.3 Å². The van der Waals surface area contributed by atoms with Crippen LogP contribution in [0.4, 0.5) is 4.79 Å². The molecular weight excluding hydrogens is 184 g/mol. The zero-order valence-electron chi connectivity index (χ0n) is 8.45. The maximum absolute atomic E-state index is 11.3. The number of urea groups is 1. The summed E-state index contributed by atoms with van der Waals surface area (Å²) in [5.41, 5.74) is 0. The molecule has 0 spiro atoms. The molecule has 1 fully saturated rings. The molecule has 0 radical (unpaired) electrons. The topological polar surface area (TPSA) is 70.6 Å². The van der Waals surface area contributed by atoms with Crippen molar-refractivity contribution in [1.29, 1.82) is 0 Å². The minimum Gasteiger partial charge on any atom is -0.394 e. The molecular formula is C9H18N2O3. The van der Waals surface area contributed by atoms with Crippen molar-refractivity contribution in [2.75, 3.05) is 19.8 Å². The lowest BCUT2D eigenvalue weighted by Crippen LogP contribution is -2.47. The van der Waals surface area contributed by atoms with Gasteiger partial charge in [-0.05, 0) is 12.8 Å². The van der Waals surface area contributed by atoms with Gasteiger partial charge in [-0.15, -0.1) is 0 Å². The van der Waals surface area contributed by atoms with Gasteiger partial charge < -0.3 is 20.5 Å². The van der Waals surface area contributed by atoms with Gasteiger partial charge in [-0.1, -0.05) is 6.92 Å². The Labute approximate surface area is 83.8 Å². The van der Waals surface area contributed by atoms with Crippen molar-refractivity contribution in [3.05, 3.63) is 0 Å². The van der Waals surface area contributed by atoms with Gasteiger partial charge in [-0.2, -0.15) is 0 Å². The van der Waals surface area contributed by atoms with Crippen LogP contribution in [0.25, 0.3) is 0 Å². The summed E-state index contributed by atoms with van der Waals surface area (Å²) in [5.74, 6) is 0. The van der Waals surface area contributed by atoms with Crippen LogP contribution in [0.1, 0.15) is 19.8 Å². The van der Waals surface area contributed by atoms with Crippen molar-refractivity contribution in [2.45, 2.75) is 31.8 Å². The summed E-state index contributed by atoms with van der Waals surface area (Å²) >= 11 is 0. The molecule has 0 aromatic heterocycles. The monoisotopic (exact) mass is 202 g/mol. The van der Waals surface area contributed by atoms with Crippen LogP contribution < -0.4 is 10.6 Å². The van der Waals surface area contributed by atoms with E-state index < -0.39 is 0 Å². The standard InChI is InChI=1S/C9H18N2O3/c1-2-7(5-12)10-9(13)11-8-3-4-14-6-8/h7-8,12H,2-6H2,1H3,(H2,10,11,13). The van der Waals surface area contributed by atoms with Crippen LogP contribution >= 0.6 is 0 Å². The first kappa shape index (κ1) is 11.3. The Bertz CT molecular complexity index is 171.